The van der Waals surface area contributed by atoms with Crippen LogP contribution in [0.1, 0.15) is 51.0 Å². The van der Waals surface area contributed by atoms with E-state index in [-0.39, 0.29) is 35.5 Å². The molecule has 1 saturated carbocycles. The van der Waals surface area contributed by atoms with Gasteiger partial charge in [-0.25, -0.2) is 0 Å². The molecule has 156 valence electrons. The number of β-amino-alcohol motifs (C(OH)–C–C–N with tert-alkyl or cyclic N) is 1. The Morgan fingerprint density at radius 3 is 2.75 bits per heavy atom. The summed E-state index contributed by atoms with van der Waals surface area (Å²) in [5.41, 5.74) is 1.37. The van der Waals surface area contributed by atoms with Gasteiger partial charge >= 0.3 is 0 Å². The molecule has 28 heavy (non-hydrogen) atoms. The van der Waals surface area contributed by atoms with Gasteiger partial charge in [-0.3, -0.25) is 4.99 Å². The van der Waals surface area contributed by atoms with Crippen LogP contribution in [-0.4, -0.2) is 55.0 Å². The Morgan fingerprint density at radius 1 is 1.25 bits per heavy atom. The summed E-state index contributed by atoms with van der Waals surface area (Å²) < 4.78 is 11.1. The number of aliphatic hydroxyl groups is 1. The average Bonchev–Trinajstić information content (AvgIpc) is 3.34. The fraction of sp³-hybridized carbons (Fsp3) is 0.667. The topological polar surface area (TPSA) is 66.3 Å². The standard InChI is InChI=1S/C21H31N3O3.HI/c1-2-22-20(24-11-8-17(25)13-24)23-14-21(9-4-3-5-10-21)16-6-7-18-19(12-16)27-15-26-18;/h6-7,12,17,25H,2-5,8-11,13-15H2,1H3,(H,22,23);1H/t17-;/m1./s1. The van der Waals surface area contributed by atoms with E-state index < -0.39 is 0 Å². The van der Waals surface area contributed by atoms with Crippen LogP contribution in [0.5, 0.6) is 11.5 Å². The SMILES string of the molecule is CCNC(=NCC1(c2ccc3c(c2)OCO3)CCCCC1)N1CC[C@@H](O)C1.I. The minimum absolute atomic E-state index is 0. The van der Waals surface area contributed by atoms with Crippen molar-refractivity contribution in [2.45, 2.75) is 57.0 Å². The van der Waals surface area contributed by atoms with Crippen LogP contribution in [0.15, 0.2) is 23.2 Å². The molecule has 2 N–H and O–H groups in total. The Balaban J connectivity index is 0.00000225. The number of fused-ring (bicyclic) bond motifs is 1. The summed E-state index contributed by atoms with van der Waals surface area (Å²) >= 11 is 0. The molecule has 0 aromatic heterocycles. The number of guanidine groups is 1. The molecule has 1 aromatic rings. The summed E-state index contributed by atoms with van der Waals surface area (Å²) in [5, 5.41) is 13.3. The van der Waals surface area contributed by atoms with Crippen molar-refractivity contribution in [2.24, 2.45) is 4.99 Å². The molecule has 7 heteroatoms. The summed E-state index contributed by atoms with van der Waals surface area (Å²) in [6.07, 6.45) is 6.65. The van der Waals surface area contributed by atoms with Gasteiger partial charge in [-0.1, -0.05) is 25.3 Å². The minimum atomic E-state index is -0.244. The normalized spacial score (nSPS) is 23.4. The van der Waals surface area contributed by atoms with E-state index in [0.717, 1.165) is 56.4 Å². The van der Waals surface area contributed by atoms with Crippen molar-refractivity contribution >= 4 is 29.9 Å². The average molecular weight is 501 g/mol. The lowest BCUT2D eigenvalue weighted by Crippen LogP contribution is -2.42. The van der Waals surface area contributed by atoms with E-state index in [9.17, 15) is 5.11 Å². The number of nitrogens with one attached hydrogen (secondary N) is 1. The fourth-order valence-electron chi connectivity index (χ4n) is 4.58. The summed E-state index contributed by atoms with van der Waals surface area (Å²) in [7, 11) is 0. The number of hydrogen-bond acceptors (Lipinski definition) is 4. The zero-order valence-corrected chi connectivity index (χ0v) is 19.0. The van der Waals surface area contributed by atoms with Gasteiger partial charge < -0.3 is 24.8 Å². The zero-order chi connectivity index (χ0) is 18.7. The Morgan fingerprint density at radius 2 is 2.04 bits per heavy atom. The summed E-state index contributed by atoms with van der Waals surface area (Å²) in [4.78, 5) is 7.23. The van der Waals surface area contributed by atoms with E-state index >= 15 is 0 Å². The number of likely N-dealkylation sites (tertiary alicyclic amines) is 1. The third-order valence-corrected chi connectivity index (χ3v) is 6.12. The molecule has 0 spiro atoms. The minimum Gasteiger partial charge on any atom is -0.454 e. The van der Waals surface area contributed by atoms with Crippen LogP contribution < -0.4 is 14.8 Å². The maximum Gasteiger partial charge on any atom is 0.231 e. The van der Waals surface area contributed by atoms with Gasteiger partial charge in [-0.2, -0.15) is 0 Å². The Bertz CT molecular complexity index is 691. The maximum absolute atomic E-state index is 9.90. The molecule has 3 aliphatic rings. The van der Waals surface area contributed by atoms with E-state index in [2.05, 4.69) is 29.3 Å². The third-order valence-electron chi connectivity index (χ3n) is 6.12. The van der Waals surface area contributed by atoms with E-state index in [1.165, 1.54) is 24.8 Å². The number of benzene rings is 1. The first-order valence-electron chi connectivity index (χ1n) is 10.3. The molecular formula is C21H32IN3O3. The number of rotatable bonds is 4. The Labute approximate surface area is 184 Å². The quantitative estimate of drug-likeness (QED) is 0.377. The van der Waals surface area contributed by atoms with Crippen molar-refractivity contribution in [2.75, 3.05) is 33.0 Å². The van der Waals surface area contributed by atoms with E-state index in [0.29, 0.717) is 13.3 Å². The van der Waals surface area contributed by atoms with Crippen molar-refractivity contribution in [1.29, 1.82) is 0 Å². The molecule has 1 atom stereocenters. The molecule has 2 aliphatic heterocycles. The number of aliphatic hydroxyl groups excluding tert-OH is 1. The highest BCUT2D eigenvalue weighted by molar-refractivity contribution is 14.0. The van der Waals surface area contributed by atoms with Crippen LogP contribution >= 0.6 is 24.0 Å². The summed E-state index contributed by atoms with van der Waals surface area (Å²) in [6.45, 7) is 5.54. The molecule has 1 aromatic carbocycles. The Hall–Kier alpha value is -1.22. The van der Waals surface area contributed by atoms with Crippen molar-refractivity contribution in [3.63, 3.8) is 0 Å². The van der Waals surface area contributed by atoms with Gasteiger partial charge in [0.25, 0.3) is 0 Å². The number of nitrogens with zero attached hydrogens (tertiary/aromatic N) is 2. The lowest BCUT2D eigenvalue weighted by Gasteiger charge is -2.37. The molecule has 2 fully saturated rings. The first kappa shape index (κ1) is 21.5. The van der Waals surface area contributed by atoms with Crippen LogP contribution in [-0.2, 0) is 5.41 Å². The highest BCUT2D eigenvalue weighted by Gasteiger charge is 2.35. The van der Waals surface area contributed by atoms with Gasteiger partial charge in [0, 0.05) is 25.0 Å². The fourth-order valence-corrected chi connectivity index (χ4v) is 4.58. The number of halogens is 1. The van der Waals surface area contributed by atoms with Crippen LogP contribution in [0.4, 0.5) is 0 Å². The molecule has 0 radical (unpaired) electrons. The van der Waals surface area contributed by atoms with Crippen molar-refractivity contribution in [3.05, 3.63) is 23.8 Å². The largest absolute Gasteiger partial charge is 0.454 e. The molecule has 0 unspecified atom stereocenters. The first-order chi connectivity index (χ1) is 13.2. The second kappa shape index (κ2) is 9.52. The van der Waals surface area contributed by atoms with Crippen LogP contribution in [0.2, 0.25) is 0 Å². The van der Waals surface area contributed by atoms with Gasteiger partial charge in [0.05, 0.1) is 12.6 Å². The second-order valence-electron chi connectivity index (χ2n) is 7.97. The van der Waals surface area contributed by atoms with Crippen molar-refractivity contribution < 1.29 is 14.6 Å². The van der Waals surface area contributed by atoms with Gasteiger partial charge in [0.1, 0.15) is 0 Å². The molecule has 0 bridgehead atoms. The lowest BCUT2D eigenvalue weighted by molar-refractivity contribution is 0.173. The van der Waals surface area contributed by atoms with Gasteiger partial charge in [0.2, 0.25) is 6.79 Å². The molecule has 2 heterocycles. The second-order valence-corrected chi connectivity index (χ2v) is 7.97. The summed E-state index contributed by atoms with van der Waals surface area (Å²) in [5.74, 6) is 2.63. The highest BCUT2D eigenvalue weighted by Crippen LogP contribution is 2.43. The molecular weight excluding hydrogens is 469 g/mol. The maximum atomic E-state index is 9.90. The van der Waals surface area contributed by atoms with E-state index in [1.807, 2.05) is 6.07 Å². The molecule has 1 aliphatic carbocycles. The van der Waals surface area contributed by atoms with Gasteiger partial charge in [0.15, 0.2) is 17.5 Å². The zero-order valence-electron chi connectivity index (χ0n) is 16.7. The first-order valence-corrected chi connectivity index (χ1v) is 10.3. The third kappa shape index (κ3) is 4.50. The monoisotopic (exact) mass is 501 g/mol. The van der Waals surface area contributed by atoms with Crippen LogP contribution in [0.3, 0.4) is 0 Å². The van der Waals surface area contributed by atoms with Gasteiger partial charge in [-0.15, -0.1) is 24.0 Å². The molecule has 6 nitrogen and oxygen atoms in total. The van der Waals surface area contributed by atoms with Crippen LogP contribution in [0, 0.1) is 0 Å². The molecule has 0 amide bonds. The van der Waals surface area contributed by atoms with Crippen molar-refractivity contribution in [3.8, 4) is 11.5 Å². The van der Waals surface area contributed by atoms with E-state index in [1.54, 1.807) is 0 Å². The molecule has 1 saturated heterocycles. The van der Waals surface area contributed by atoms with Gasteiger partial charge in [-0.05, 0) is 43.9 Å². The number of ether oxygens (including phenoxy) is 2. The Kier molecular flexibility index (Phi) is 7.31. The number of aliphatic imine (C=N–C) groups is 1. The highest BCUT2D eigenvalue weighted by atomic mass is 127. The summed E-state index contributed by atoms with van der Waals surface area (Å²) in [6, 6.07) is 6.40. The van der Waals surface area contributed by atoms with Crippen molar-refractivity contribution in [1.82, 2.24) is 10.2 Å². The molecule has 4 rings (SSSR count). The predicted molar refractivity (Wildman–Crippen MR) is 121 cm³/mol. The van der Waals surface area contributed by atoms with Crippen LogP contribution in [0.25, 0.3) is 0 Å². The lowest BCUT2D eigenvalue weighted by atomic mass is 9.69. The smallest absolute Gasteiger partial charge is 0.231 e. The predicted octanol–water partition coefficient (Wildman–Crippen LogP) is 3.27. The number of hydrogen-bond donors (Lipinski definition) is 2. The van der Waals surface area contributed by atoms with E-state index in [4.69, 9.17) is 14.5 Å².